The molecular formula is C21H25NO3. The first-order chi connectivity index (χ1) is 12.0. The summed E-state index contributed by atoms with van der Waals surface area (Å²) >= 11 is 0. The van der Waals surface area contributed by atoms with Gasteiger partial charge in [-0.3, -0.25) is 0 Å². The van der Waals surface area contributed by atoms with E-state index in [-0.39, 0.29) is 24.5 Å². The lowest BCUT2D eigenvalue weighted by Gasteiger charge is -2.29. The van der Waals surface area contributed by atoms with Crippen LogP contribution in [0.1, 0.15) is 30.9 Å². The van der Waals surface area contributed by atoms with Gasteiger partial charge in [0.1, 0.15) is 6.61 Å². The summed E-state index contributed by atoms with van der Waals surface area (Å²) in [6, 6.07) is 16.3. The third-order valence-electron chi connectivity index (χ3n) is 5.08. The Morgan fingerprint density at radius 3 is 2.08 bits per heavy atom. The van der Waals surface area contributed by atoms with Crippen molar-refractivity contribution in [1.29, 1.82) is 0 Å². The molecule has 4 nitrogen and oxygen atoms in total. The predicted octanol–water partition coefficient (Wildman–Crippen LogP) is 3.88. The number of ether oxygens (including phenoxy) is 1. The van der Waals surface area contributed by atoms with Gasteiger partial charge in [0.2, 0.25) is 0 Å². The lowest BCUT2D eigenvalue weighted by Crippen LogP contribution is -2.43. The van der Waals surface area contributed by atoms with E-state index >= 15 is 0 Å². The molecule has 1 atom stereocenters. The summed E-state index contributed by atoms with van der Waals surface area (Å²) in [5.74, 6) is 0.215. The second kappa shape index (κ2) is 7.28. The molecule has 0 fully saturated rings. The first-order valence-electron chi connectivity index (χ1n) is 8.73. The summed E-state index contributed by atoms with van der Waals surface area (Å²) in [6.45, 7) is 4.19. The number of amides is 1. The van der Waals surface area contributed by atoms with Gasteiger partial charge in [-0.15, -0.1) is 0 Å². The van der Waals surface area contributed by atoms with Crippen LogP contribution in [0, 0.1) is 5.92 Å². The molecule has 4 heteroatoms. The van der Waals surface area contributed by atoms with Crippen LogP contribution in [0.2, 0.25) is 0 Å². The van der Waals surface area contributed by atoms with Crippen LogP contribution in [-0.2, 0) is 4.74 Å². The van der Waals surface area contributed by atoms with Crippen molar-refractivity contribution in [2.45, 2.75) is 25.8 Å². The molecular weight excluding hydrogens is 314 g/mol. The molecule has 0 saturated heterocycles. The Morgan fingerprint density at radius 2 is 1.60 bits per heavy atom. The minimum absolute atomic E-state index is 0.0522. The molecule has 1 amide bonds. The highest BCUT2D eigenvalue weighted by atomic mass is 16.6. The van der Waals surface area contributed by atoms with Crippen LogP contribution < -0.4 is 0 Å². The topological polar surface area (TPSA) is 49.8 Å². The number of carbonyl (C=O) groups excluding carboxylic acids is 1. The van der Waals surface area contributed by atoms with Crippen LogP contribution in [0.15, 0.2) is 48.5 Å². The van der Waals surface area contributed by atoms with E-state index in [0.717, 1.165) is 0 Å². The van der Waals surface area contributed by atoms with Gasteiger partial charge in [-0.2, -0.15) is 0 Å². The van der Waals surface area contributed by atoms with Crippen molar-refractivity contribution in [3.8, 4) is 11.1 Å². The van der Waals surface area contributed by atoms with Crippen molar-refractivity contribution in [2.24, 2.45) is 5.92 Å². The van der Waals surface area contributed by atoms with Crippen molar-refractivity contribution in [1.82, 2.24) is 4.90 Å². The van der Waals surface area contributed by atoms with Crippen molar-refractivity contribution in [3.05, 3.63) is 59.7 Å². The molecule has 0 aromatic heterocycles. The van der Waals surface area contributed by atoms with Crippen LogP contribution in [0.25, 0.3) is 11.1 Å². The second-order valence-electron chi connectivity index (χ2n) is 6.91. The average molecular weight is 339 g/mol. The highest BCUT2D eigenvalue weighted by molar-refractivity contribution is 5.79. The van der Waals surface area contributed by atoms with E-state index in [1.54, 1.807) is 7.05 Å². The van der Waals surface area contributed by atoms with E-state index in [4.69, 9.17) is 4.74 Å². The summed E-state index contributed by atoms with van der Waals surface area (Å²) in [7, 11) is 1.68. The van der Waals surface area contributed by atoms with Crippen molar-refractivity contribution < 1.29 is 14.6 Å². The summed E-state index contributed by atoms with van der Waals surface area (Å²) < 4.78 is 5.61. The summed E-state index contributed by atoms with van der Waals surface area (Å²) in [5.41, 5.74) is 4.81. The summed E-state index contributed by atoms with van der Waals surface area (Å²) in [6.07, 6.45) is -0.394. The maximum Gasteiger partial charge on any atom is 0.409 e. The zero-order valence-electron chi connectivity index (χ0n) is 15.0. The summed E-state index contributed by atoms with van der Waals surface area (Å²) in [4.78, 5) is 13.9. The van der Waals surface area contributed by atoms with Gasteiger partial charge in [0.25, 0.3) is 0 Å². The molecule has 1 N–H and O–H groups in total. The maximum absolute atomic E-state index is 12.4. The molecule has 1 aliphatic rings. The van der Waals surface area contributed by atoms with E-state index in [2.05, 4.69) is 24.3 Å². The molecule has 0 heterocycles. The van der Waals surface area contributed by atoms with Crippen molar-refractivity contribution in [3.63, 3.8) is 0 Å². The van der Waals surface area contributed by atoms with Crippen LogP contribution in [0.3, 0.4) is 0 Å². The van der Waals surface area contributed by atoms with E-state index in [1.165, 1.54) is 27.2 Å². The molecule has 132 valence electrons. The minimum atomic E-state index is -0.394. The number of aliphatic hydroxyl groups excluding tert-OH is 1. The van der Waals surface area contributed by atoms with E-state index < -0.39 is 6.09 Å². The number of carbonyl (C=O) groups is 1. The van der Waals surface area contributed by atoms with Gasteiger partial charge in [-0.1, -0.05) is 62.4 Å². The molecule has 0 unspecified atom stereocenters. The minimum Gasteiger partial charge on any atom is -0.448 e. The first-order valence-corrected chi connectivity index (χ1v) is 8.73. The molecule has 0 saturated carbocycles. The Labute approximate surface area is 149 Å². The number of fused-ring (bicyclic) bond motifs is 3. The first kappa shape index (κ1) is 17.5. The Hall–Kier alpha value is -2.33. The molecule has 3 rings (SSSR count). The predicted molar refractivity (Wildman–Crippen MR) is 98.5 cm³/mol. The number of rotatable bonds is 5. The number of aliphatic hydroxyl groups is 1. The average Bonchev–Trinajstić information content (AvgIpc) is 2.94. The zero-order chi connectivity index (χ0) is 18.0. The molecule has 2 aromatic rings. The fourth-order valence-corrected chi connectivity index (χ4v) is 3.61. The lowest BCUT2D eigenvalue weighted by molar-refractivity contribution is 0.0660. The van der Waals surface area contributed by atoms with Crippen LogP contribution >= 0.6 is 0 Å². The van der Waals surface area contributed by atoms with Crippen LogP contribution in [-0.4, -0.2) is 42.4 Å². The number of hydrogen-bond acceptors (Lipinski definition) is 3. The van der Waals surface area contributed by atoms with Gasteiger partial charge in [0.15, 0.2) is 0 Å². The van der Waals surface area contributed by atoms with Crippen molar-refractivity contribution in [2.75, 3.05) is 20.3 Å². The third kappa shape index (κ3) is 3.27. The molecule has 0 spiro atoms. The molecule has 0 aliphatic heterocycles. The Bertz CT molecular complexity index is 711. The van der Waals surface area contributed by atoms with Gasteiger partial charge in [-0.25, -0.2) is 4.79 Å². The molecule has 2 aromatic carbocycles. The SMILES string of the molecule is CC(C)[C@@H](CO)N(C)C(=O)OCC1c2ccccc2-c2ccccc21. The van der Waals surface area contributed by atoms with Gasteiger partial charge in [0.05, 0.1) is 12.6 Å². The maximum atomic E-state index is 12.4. The Morgan fingerprint density at radius 1 is 1.08 bits per heavy atom. The summed E-state index contributed by atoms with van der Waals surface area (Å²) in [5, 5.41) is 9.51. The normalized spacial score (nSPS) is 14.1. The highest BCUT2D eigenvalue weighted by Crippen LogP contribution is 2.44. The Balaban J connectivity index is 1.76. The van der Waals surface area contributed by atoms with Gasteiger partial charge >= 0.3 is 6.09 Å². The fourth-order valence-electron chi connectivity index (χ4n) is 3.61. The molecule has 1 aliphatic carbocycles. The monoisotopic (exact) mass is 339 g/mol. The van der Waals surface area contributed by atoms with Crippen LogP contribution in [0.4, 0.5) is 4.79 Å². The largest absolute Gasteiger partial charge is 0.448 e. The van der Waals surface area contributed by atoms with E-state index in [9.17, 15) is 9.90 Å². The number of nitrogens with zero attached hydrogens (tertiary/aromatic N) is 1. The quantitative estimate of drug-likeness (QED) is 0.899. The Kier molecular flexibility index (Phi) is 5.09. The fraction of sp³-hybridized carbons (Fsp3) is 0.381. The van der Waals surface area contributed by atoms with E-state index in [1.807, 2.05) is 38.1 Å². The number of hydrogen-bond donors (Lipinski definition) is 1. The smallest absolute Gasteiger partial charge is 0.409 e. The van der Waals surface area contributed by atoms with Gasteiger partial charge < -0.3 is 14.7 Å². The molecule has 25 heavy (non-hydrogen) atoms. The molecule has 0 bridgehead atoms. The van der Waals surface area contributed by atoms with E-state index in [0.29, 0.717) is 6.61 Å². The lowest BCUT2D eigenvalue weighted by atomic mass is 9.98. The van der Waals surface area contributed by atoms with Crippen LogP contribution in [0.5, 0.6) is 0 Å². The highest BCUT2D eigenvalue weighted by Gasteiger charge is 2.30. The van der Waals surface area contributed by atoms with Crippen molar-refractivity contribution >= 4 is 6.09 Å². The molecule has 0 radical (unpaired) electrons. The second-order valence-corrected chi connectivity index (χ2v) is 6.91. The van der Waals surface area contributed by atoms with Gasteiger partial charge in [-0.05, 0) is 28.2 Å². The number of likely N-dealkylation sites (N-methyl/N-ethyl adjacent to an activating group) is 1. The standard InChI is InChI=1S/C21H25NO3/c1-14(2)20(12-23)22(3)21(24)25-13-19-17-10-6-4-8-15(17)16-9-5-7-11-18(16)19/h4-11,14,19-20,23H,12-13H2,1-3H3/t20-/m1/s1. The third-order valence-corrected chi connectivity index (χ3v) is 5.08. The number of benzene rings is 2. The van der Waals surface area contributed by atoms with Gasteiger partial charge in [0, 0.05) is 13.0 Å². The zero-order valence-corrected chi connectivity index (χ0v) is 15.0.